The smallest absolute Gasteiger partial charge is 0.275 e. The molecule has 154 valence electrons. The van der Waals surface area contributed by atoms with Crippen molar-refractivity contribution in [2.45, 2.75) is 38.3 Å². The molecular formula is C21H21ClN6O2. The first-order chi connectivity index (χ1) is 14.6. The van der Waals surface area contributed by atoms with E-state index in [4.69, 9.17) is 16.3 Å². The number of rotatable bonds is 4. The molecule has 2 saturated heterocycles. The number of ether oxygens (including phenoxy) is 1. The second kappa shape index (κ2) is 7.68. The van der Waals surface area contributed by atoms with Gasteiger partial charge in [-0.05, 0) is 50.3 Å². The SMILES string of the molecule is Cc1ccc(-n2nccn2)c(C(=O)N2C[C@@H]3CC[C@H]2[C@H](Oc2ccc(Cl)cn2)C3)n1. The molecule has 1 saturated carbocycles. The molecule has 9 heteroatoms. The zero-order valence-electron chi connectivity index (χ0n) is 16.5. The molecule has 0 aromatic carbocycles. The number of amides is 1. The summed E-state index contributed by atoms with van der Waals surface area (Å²) in [7, 11) is 0. The lowest BCUT2D eigenvalue weighted by atomic mass is 9.77. The Kier molecular flexibility index (Phi) is 4.86. The maximum absolute atomic E-state index is 13.6. The predicted molar refractivity (Wildman–Crippen MR) is 110 cm³/mol. The summed E-state index contributed by atoms with van der Waals surface area (Å²) in [5.41, 5.74) is 1.71. The van der Waals surface area contributed by atoms with Crippen molar-refractivity contribution < 1.29 is 9.53 Å². The van der Waals surface area contributed by atoms with Crippen LogP contribution in [0.3, 0.4) is 0 Å². The summed E-state index contributed by atoms with van der Waals surface area (Å²) in [5, 5.41) is 8.93. The van der Waals surface area contributed by atoms with Gasteiger partial charge in [0, 0.05) is 24.5 Å². The van der Waals surface area contributed by atoms with Crippen molar-refractivity contribution in [1.82, 2.24) is 29.9 Å². The monoisotopic (exact) mass is 424 g/mol. The molecule has 5 heterocycles. The number of piperidine rings is 2. The van der Waals surface area contributed by atoms with E-state index in [1.807, 2.05) is 24.0 Å². The fraction of sp³-hybridized carbons (Fsp3) is 0.381. The molecule has 0 radical (unpaired) electrons. The lowest BCUT2D eigenvalue weighted by Gasteiger charge is -2.49. The van der Waals surface area contributed by atoms with E-state index >= 15 is 0 Å². The summed E-state index contributed by atoms with van der Waals surface area (Å²) in [6, 6.07) is 7.19. The van der Waals surface area contributed by atoms with Crippen LogP contribution in [0.4, 0.5) is 0 Å². The maximum atomic E-state index is 13.6. The number of pyridine rings is 2. The zero-order valence-corrected chi connectivity index (χ0v) is 17.2. The van der Waals surface area contributed by atoms with Gasteiger partial charge in [-0.3, -0.25) is 4.79 Å². The summed E-state index contributed by atoms with van der Waals surface area (Å²) in [6.45, 7) is 2.58. The minimum Gasteiger partial charge on any atom is -0.472 e. The lowest BCUT2D eigenvalue weighted by Crippen LogP contribution is -2.59. The van der Waals surface area contributed by atoms with Crippen molar-refractivity contribution in [2.75, 3.05) is 6.54 Å². The van der Waals surface area contributed by atoms with Gasteiger partial charge in [-0.1, -0.05) is 11.6 Å². The second-order valence-corrected chi connectivity index (χ2v) is 8.25. The lowest BCUT2D eigenvalue weighted by molar-refractivity contribution is -0.0316. The minimum absolute atomic E-state index is 0.0271. The largest absolute Gasteiger partial charge is 0.472 e. The van der Waals surface area contributed by atoms with E-state index in [-0.39, 0.29) is 18.1 Å². The summed E-state index contributed by atoms with van der Waals surface area (Å²) < 4.78 is 6.17. The topological polar surface area (TPSA) is 86.0 Å². The van der Waals surface area contributed by atoms with Crippen LogP contribution in [0.5, 0.6) is 5.88 Å². The Hall–Kier alpha value is -3.00. The molecular weight excluding hydrogens is 404 g/mol. The van der Waals surface area contributed by atoms with E-state index in [1.165, 1.54) is 4.80 Å². The zero-order chi connectivity index (χ0) is 20.7. The summed E-state index contributed by atoms with van der Waals surface area (Å²) in [4.78, 5) is 25.8. The Morgan fingerprint density at radius 3 is 2.73 bits per heavy atom. The van der Waals surface area contributed by atoms with Gasteiger partial charge in [-0.25, -0.2) is 9.97 Å². The number of halogens is 1. The Labute approximate surface area is 178 Å². The number of aromatic nitrogens is 5. The molecule has 6 rings (SSSR count). The number of nitrogens with zero attached hydrogens (tertiary/aromatic N) is 6. The van der Waals surface area contributed by atoms with Crippen molar-refractivity contribution >= 4 is 17.5 Å². The third kappa shape index (κ3) is 3.52. The molecule has 3 aromatic heterocycles. The van der Waals surface area contributed by atoms with E-state index in [0.717, 1.165) is 25.0 Å². The first kappa shape index (κ1) is 19.0. The third-order valence-corrected chi connectivity index (χ3v) is 6.03. The molecule has 1 amide bonds. The van der Waals surface area contributed by atoms with Gasteiger partial charge >= 0.3 is 0 Å². The van der Waals surface area contributed by atoms with Crippen molar-refractivity contribution in [2.24, 2.45) is 5.92 Å². The number of hydrogen-bond donors (Lipinski definition) is 0. The molecule has 8 nitrogen and oxygen atoms in total. The van der Waals surface area contributed by atoms with Crippen LogP contribution >= 0.6 is 11.6 Å². The van der Waals surface area contributed by atoms with Gasteiger partial charge in [0.2, 0.25) is 5.88 Å². The minimum atomic E-state index is -0.113. The standard InChI is InChI=1S/C21H21ClN6O2/c1-13-2-5-17(28-24-8-9-25-28)20(26-13)21(29)27-12-14-3-6-16(27)18(10-14)30-19-7-4-15(22)11-23-19/h2,4-5,7-9,11,14,16,18H,3,6,10,12H2,1H3/t14-,16+,18-/m1/s1. The molecule has 0 spiro atoms. The highest BCUT2D eigenvalue weighted by Gasteiger charge is 2.45. The molecule has 30 heavy (non-hydrogen) atoms. The maximum Gasteiger partial charge on any atom is 0.275 e. The van der Waals surface area contributed by atoms with E-state index in [0.29, 0.717) is 34.7 Å². The van der Waals surface area contributed by atoms with Crippen LogP contribution in [0.25, 0.3) is 5.69 Å². The first-order valence-electron chi connectivity index (χ1n) is 10.0. The Morgan fingerprint density at radius 2 is 2.00 bits per heavy atom. The van der Waals surface area contributed by atoms with Crippen LogP contribution < -0.4 is 4.74 Å². The molecule has 2 aliphatic heterocycles. The molecule has 3 atom stereocenters. The van der Waals surface area contributed by atoms with Crippen LogP contribution in [0.2, 0.25) is 5.02 Å². The Morgan fingerprint density at radius 1 is 1.17 bits per heavy atom. The third-order valence-electron chi connectivity index (χ3n) is 5.80. The van der Waals surface area contributed by atoms with Crippen LogP contribution in [-0.2, 0) is 0 Å². The normalized spacial score (nSPS) is 22.9. The molecule has 3 fully saturated rings. The van der Waals surface area contributed by atoms with E-state index in [9.17, 15) is 4.79 Å². The average Bonchev–Trinajstić information content (AvgIpc) is 3.30. The number of aryl methyl sites for hydroxylation is 1. The number of carbonyl (C=O) groups excluding carboxylic acids is 1. The average molecular weight is 425 g/mol. The van der Waals surface area contributed by atoms with Gasteiger partial charge in [0.1, 0.15) is 11.8 Å². The quantitative estimate of drug-likeness (QED) is 0.639. The number of carbonyl (C=O) groups is 1. The van der Waals surface area contributed by atoms with Gasteiger partial charge in [0.25, 0.3) is 5.91 Å². The van der Waals surface area contributed by atoms with Crippen LogP contribution in [0.15, 0.2) is 42.9 Å². The van der Waals surface area contributed by atoms with Gasteiger partial charge in [0.15, 0.2) is 5.69 Å². The van der Waals surface area contributed by atoms with E-state index in [2.05, 4.69) is 20.2 Å². The predicted octanol–water partition coefficient (Wildman–Crippen LogP) is 3.09. The van der Waals surface area contributed by atoms with Crippen molar-refractivity contribution in [1.29, 1.82) is 0 Å². The van der Waals surface area contributed by atoms with E-state index in [1.54, 1.807) is 30.7 Å². The number of fused-ring (bicyclic) bond motifs is 3. The summed E-state index contributed by atoms with van der Waals surface area (Å²) >= 11 is 5.93. The van der Waals surface area contributed by atoms with Gasteiger partial charge in [-0.15, -0.1) is 4.80 Å². The molecule has 1 aliphatic carbocycles. The van der Waals surface area contributed by atoms with Gasteiger partial charge in [-0.2, -0.15) is 10.2 Å². The van der Waals surface area contributed by atoms with E-state index < -0.39 is 0 Å². The van der Waals surface area contributed by atoms with Gasteiger partial charge in [0.05, 0.1) is 23.5 Å². The first-order valence-corrected chi connectivity index (χ1v) is 10.4. The molecule has 3 aliphatic rings. The highest BCUT2D eigenvalue weighted by Crippen LogP contribution is 2.38. The molecule has 0 N–H and O–H groups in total. The highest BCUT2D eigenvalue weighted by atomic mass is 35.5. The summed E-state index contributed by atoms with van der Waals surface area (Å²) in [5.74, 6) is 0.810. The summed E-state index contributed by atoms with van der Waals surface area (Å²) in [6.07, 6.45) is 7.53. The van der Waals surface area contributed by atoms with Gasteiger partial charge < -0.3 is 9.64 Å². The van der Waals surface area contributed by atoms with Crippen molar-refractivity contribution in [3.8, 4) is 11.6 Å². The number of hydrogen-bond acceptors (Lipinski definition) is 6. The molecule has 3 aromatic rings. The van der Waals surface area contributed by atoms with Crippen molar-refractivity contribution in [3.63, 3.8) is 0 Å². The van der Waals surface area contributed by atoms with Crippen LogP contribution in [0.1, 0.15) is 35.4 Å². The van der Waals surface area contributed by atoms with Crippen LogP contribution in [-0.4, -0.2) is 54.5 Å². The Balaban J connectivity index is 1.44. The highest BCUT2D eigenvalue weighted by molar-refractivity contribution is 6.30. The molecule has 0 unspecified atom stereocenters. The van der Waals surface area contributed by atoms with Crippen molar-refractivity contribution in [3.05, 3.63) is 59.3 Å². The Bertz CT molecular complexity index is 1060. The fourth-order valence-corrected chi connectivity index (χ4v) is 4.54. The fourth-order valence-electron chi connectivity index (χ4n) is 4.42. The molecule has 2 bridgehead atoms. The second-order valence-electron chi connectivity index (χ2n) is 7.81. The van der Waals surface area contributed by atoms with Crippen LogP contribution in [0, 0.1) is 12.8 Å².